The summed E-state index contributed by atoms with van der Waals surface area (Å²) >= 11 is 0.844. The first kappa shape index (κ1) is 21.6. The van der Waals surface area contributed by atoms with Crippen molar-refractivity contribution in [2.24, 2.45) is 5.73 Å². The Morgan fingerprint density at radius 2 is 2.09 bits per heavy atom. The number of primary amides is 1. The van der Waals surface area contributed by atoms with Crippen molar-refractivity contribution in [2.45, 2.75) is 33.2 Å². The summed E-state index contributed by atoms with van der Waals surface area (Å²) in [7, 11) is 0. The number of alkyl halides is 2. The van der Waals surface area contributed by atoms with E-state index in [0.29, 0.717) is 17.7 Å². The zero-order valence-electron chi connectivity index (χ0n) is 17.2. The van der Waals surface area contributed by atoms with E-state index in [1.165, 1.54) is 12.3 Å². The molecule has 0 aliphatic heterocycles. The number of thiophene rings is 1. The van der Waals surface area contributed by atoms with Gasteiger partial charge in [0.15, 0.2) is 0 Å². The Balaban J connectivity index is 1.75. The third-order valence-electron chi connectivity index (χ3n) is 4.83. The molecular weight excluding hydrogens is 440 g/mol. The number of fused-ring (bicyclic) bond motifs is 1. The van der Waals surface area contributed by atoms with Crippen molar-refractivity contribution < 1.29 is 22.8 Å². The molecule has 4 aromatic rings. The molecule has 0 spiro atoms. The first-order valence-electron chi connectivity index (χ1n) is 9.64. The standard InChI is InChI=1S/C21H19F2N5O3S/c1-10-8-11(2)28(27-10)6-5-15(29)26-17-16-12(14-4-3-7-31-14)9-13(19(22)23)25-21(16)32-18(17)20(24)30/h3-4,7-9,19H,5-6H2,1-2H3,(H2,24,30)(H,26,29). The van der Waals surface area contributed by atoms with Gasteiger partial charge in [0, 0.05) is 29.6 Å². The summed E-state index contributed by atoms with van der Waals surface area (Å²) in [6.45, 7) is 4.08. The molecule has 0 saturated carbocycles. The van der Waals surface area contributed by atoms with Gasteiger partial charge >= 0.3 is 0 Å². The van der Waals surface area contributed by atoms with Gasteiger partial charge in [0.05, 0.1) is 17.6 Å². The SMILES string of the molecule is Cc1cc(C)n(CCC(=O)Nc2c(C(N)=O)sc3nc(C(F)F)cc(-c4ccco4)c23)n1. The number of halogens is 2. The van der Waals surface area contributed by atoms with Crippen molar-refractivity contribution >= 4 is 39.1 Å². The quantitative estimate of drug-likeness (QED) is 0.424. The highest BCUT2D eigenvalue weighted by atomic mass is 32.1. The second kappa shape index (κ2) is 8.50. The molecule has 32 heavy (non-hydrogen) atoms. The Labute approximate surface area is 185 Å². The lowest BCUT2D eigenvalue weighted by Gasteiger charge is -2.10. The number of rotatable bonds is 7. The van der Waals surface area contributed by atoms with Crippen LogP contribution in [0.2, 0.25) is 0 Å². The van der Waals surface area contributed by atoms with Gasteiger partial charge in [-0.1, -0.05) is 0 Å². The Bertz CT molecular complexity index is 1310. The van der Waals surface area contributed by atoms with Crippen LogP contribution >= 0.6 is 11.3 Å². The smallest absolute Gasteiger partial charge is 0.280 e. The van der Waals surface area contributed by atoms with Crippen LogP contribution in [-0.4, -0.2) is 26.6 Å². The summed E-state index contributed by atoms with van der Waals surface area (Å²) in [4.78, 5) is 29.0. The van der Waals surface area contributed by atoms with Crippen LogP contribution in [0.25, 0.3) is 21.5 Å². The number of anilines is 1. The fourth-order valence-electron chi connectivity index (χ4n) is 3.46. The average Bonchev–Trinajstić information content (AvgIpc) is 3.45. The van der Waals surface area contributed by atoms with Crippen LogP contribution in [0.15, 0.2) is 34.9 Å². The number of aromatic nitrogens is 3. The summed E-state index contributed by atoms with van der Waals surface area (Å²) in [6.07, 6.45) is -1.35. The van der Waals surface area contributed by atoms with E-state index in [-0.39, 0.29) is 33.3 Å². The molecule has 4 aromatic heterocycles. The van der Waals surface area contributed by atoms with Crippen molar-refractivity contribution in [3.05, 3.63) is 52.5 Å². The summed E-state index contributed by atoms with van der Waals surface area (Å²) < 4.78 is 34.0. The van der Waals surface area contributed by atoms with E-state index in [4.69, 9.17) is 10.2 Å². The number of amides is 2. The van der Waals surface area contributed by atoms with Crippen molar-refractivity contribution in [3.8, 4) is 11.3 Å². The fraction of sp³-hybridized carbons (Fsp3) is 0.238. The van der Waals surface area contributed by atoms with Gasteiger partial charge in [-0.15, -0.1) is 11.3 Å². The van der Waals surface area contributed by atoms with Crippen molar-refractivity contribution in [1.82, 2.24) is 14.8 Å². The first-order chi connectivity index (χ1) is 15.2. The van der Waals surface area contributed by atoms with Gasteiger partial charge in [-0.05, 0) is 38.1 Å². The number of nitrogens with two attached hydrogens (primary N) is 1. The minimum atomic E-state index is -2.83. The predicted molar refractivity (Wildman–Crippen MR) is 116 cm³/mol. The number of carbonyl (C=O) groups is 2. The molecule has 0 aliphatic rings. The highest BCUT2D eigenvalue weighted by Gasteiger charge is 2.25. The topological polar surface area (TPSA) is 116 Å². The first-order valence-corrected chi connectivity index (χ1v) is 10.5. The van der Waals surface area contributed by atoms with Crippen LogP contribution in [0.4, 0.5) is 14.5 Å². The van der Waals surface area contributed by atoms with E-state index >= 15 is 0 Å². The second-order valence-electron chi connectivity index (χ2n) is 7.17. The molecule has 0 aromatic carbocycles. The Morgan fingerprint density at radius 1 is 1.31 bits per heavy atom. The molecule has 166 valence electrons. The van der Waals surface area contributed by atoms with Gasteiger partial charge in [-0.3, -0.25) is 14.3 Å². The van der Waals surface area contributed by atoms with E-state index in [1.807, 2.05) is 19.9 Å². The molecule has 8 nitrogen and oxygen atoms in total. The van der Waals surface area contributed by atoms with Crippen LogP contribution in [0.3, 0.4) is 0 Å². The molecule has 3 N–H and O–H groups in total. The van der Waals surface area contributed by atoms with Gasteiger partial charge in [0.2, 0.25) is 5.91 Å². The van der Waals surface area contributed by atoms with Crippen molar-refractivity contribution in [3.63, 3.8) is 0 Å². The Kier molecular flexibility index (Phi) is 5.74. The number of pyridine rings is 1. The molecule has 0 radical (unpaired) electrons. The monoisotopic (exact) mass is 459 g/mol. The Morgan fingerprint density at radius 3 is 2.69 bits per heavy atom. The minimum absolute atomic E-state index is 0.0196. The van der Waals surface area contributed by atoms with E-state index < -0.39 is 18.0 Å². The molecule has 0 unspecified atom stereocenters. The normalized spacial score (nSPS) is 11.4. The van der Waals surface area contributed by atoms with Gasteiger partial charge in [-0.25, -0.2) is 13.8 Å². The van der Waals surface area contributed by atoms with Crippen LogP contribution in [0.1, 0.15) is 39.6 Å². The number of hydrogen-bond acceptors (Lipinski definition) is 6. The van der Waals surface area contributed by atoms with Crippen molar-refractivity contribution in [2.75, 3.05) is 5.32 Å². The highest BCUT2D eigenvalue weighted by molar-refractivity contribution is 7.21. The van der Waals surface area contributed by atoms with Gasteiger partial charge in [0.1, 0.15) is 21.2 Å². The van der Waals surface area contributed by atoms with E-state index in [1.54, 1.807) is 16.8 Å². The molecule has 0 atom stereocenters. The predicted octanol–water partition coefficient (Wildman–Crippen LogP) is 4.43. The lowest BCUT2D eigenvalue weighted by atomic mass is 10.1. The lowest BCUT2D eigenvalue weighted by molar-refractivity contribution is -0.116. The van der Waals surface area contributed by atoms with Crippen molar-refractivity contribution in [1.29, 1.82) is 0 Å². The minimum Gasteiger partial charge on any atom is -0.464 e. The van der Waals surface area contributed by atoms with E-state index in [9.17, 15) is 18.4 Å². The maximum absolute atomic E-state index is 13.4. The number of nitrogens with zero attached hydrogens (tertiary/aromatic N) is 3. The third-order valence-corrected chi connectivity index (χ3v) is 5.93. The largest absolute Gasteiger partial charge is 0.464 e. The number of nitrogens with one attached hydrogen (secondary N) is 1. The zero-order valence-corrected chi connectivity index (χ0v) is 18.0. The number of carbonyl (C=O) groups excluding carboxylic acids is 2. The van der Waals surface area contributed by atoms with Crippen LogP contribution in [-0.2, 0) is 11.3 Å². The zero-order chi connectivity index (χ0) is 23.0. The van der Waals surface area contributed by atoms with Gasteiger partial charge in [0.25, 0.3) is 12.3 Å². The maximum atomic E-state index is 13.4. The molecule has 4 rings (SSSR count). The number of furan rings is 1. The van der Waals surface area contributed by atoms with Gasteiger partial charge in [-0.2, -0.15) is 5.10 Å². The molecular formula is C21H19F2N5O3S. The third kappa shape index (κ3) is 4.11. The fourth-order valence-corrected chi connectivity index (χ4v) is 4.47. The molecule has 0 fully saturated rings. The van der Waals surface area contributed by atoms with Crippen LogP contribution in [0, 0.1) is 13.8 Å². The van der Waals surface area contributed by atoms with Gasteiger partial charge < -0.3 is 15.5 Å². The van der Waals surface area contributed by atoms with E-state index in [0.717, 1.165) is 22.7 Å². The maximum Gasteiger partial charge on any atom is 0.280 e. The van der Waals surface area contributed by atoms with E-state index in [2.05, 4.69) is 15.4 Å². The second-order valence-corrected chi connectivity index (χ2v) is 8.17. The number of aryl methyl sites for hydroxylation is 3. The van der Waals surface area contributed by atoms with Crippen LogP contribution < -0.4 is 11.1 Å². The number of hydrogen-bond donors (Lipinski definition) is 2. The molecule has 0 bridgehead atoms. The summed E-state index contributed by atoms with van der Waals surface area (Å²) in [5.41, 5.74) is 7.22. The van der Waals surface area contributed by atoms with Crippen LogP contribution in [0.5, 0.6) is 0 Å². The molecule has 0 saturated heterocycles. The summed E-state index contributed by atoms with van der Waals surface area (Å²) in [5, 5.41) is 7.36. The summed E-state index contributed by atoms with van der Waals surface area (Å²) in [6, 6.07) is 6.30. The molecule has 11 heteroatoms. The molecule has 2 amide bonds. The Hall–Kier alpha value is -3.60. The summed E-state index contributed by atoms with van der Waals surface area (Å²) in [5.74, 6) is -0.889. The molecule has 4 heterocycles. The molecule has 0 aliphatic carbocycles. The average molecular weight is 459 g/mol. The lowest BCUT2D eigenvalue weighted by Crippen LogP contribution is -2.18. The highest BCUT2D eigenvalue weighted by Crippen LogP contribution is 2.42.